The van der Waals surface area contributed by atoms with E-state index in [1.54, 1.807) is 0 Å². The number of hydrogen-bond acceptors (Lipinski definition) is 4. The zero-order valence-corrected chi connectivity index (χ0v) is 9.01. The molecule has 1 aliphatic rings. The van der Waals surface area contributed by atoms with Crippen LogP contribution in [0.2, 0.25) is 0 Å². The molecule has 1 atom stereocenters. The predicted molar refractivity (Wildman–Crippen MR) is 54.6 cm³/mol. The van der Waals surface area contributed by atoms with Crippen molar-refractivity contribution < 1.29 is 24.3 Å². The summed E-state index contributed by atoms with van der Waals surface area (Å²) in [6, 6.07) is -0.763. The van der Waals surface area contributed by atoms with Crippen LogP contribution in [-0.4, -0.2) is 52.8 Å². The monoisotopic (exact) mass is 243 g/mol. The van der Waals surface area contributed by atoms with Gasteiger partial charge in [-0.3, -0.25) is 19.2 Å². The van der Waals surface area contributed by atoms with E-state index < -0.39 is 36.9 Å². The molecule has 0 saturated carbocycles. The van der Waals surface area contributed by atoms with E-state index >= 15 is 0 Å². The van der Waals surface area contributed by atoms with Crippen molar-refractivity contribution in [2.24, 2.45) is 5.73 Å². The molecule has 8 nitrogen and oxygen atoms in total. The third kappa shape index (κ3) is 3.74. The van der Waals surface area contributed by atoms with Gasteiger partial charge in [-0.2, -0.15) is 0 Å². The SMILES string of the molecule is NC(=O)CN(CC(=O)O)C(=O)[C@@H]1CCC(=O)N1. The molecule has 0 aromatic heterocycles. The first-order chi connectivity index (χ1) is 7.90. The summed E-state index contributed by atoms with van der Waals surface area (Å²) in [6.07, 6.45) is 0.514. The van der Waals surface area contributed by atoms with Crippen LogP contribution in [0.4, 0.5) is 0 Å². The Kier molecular flexibility index (Phi) is 4.02. The molecule has 0 aromatic carbocycles. The molecular weight excluding hydrogens is 230 g/mol. The van der Waals surface area contributed by atoms with Crippen LogP contribution in [0, 0.1) is 0 Å². The van der Waals surface area contributed by atoms with Crippen molar-refractivity contribution in [2.75, 3.05) is 13.1 Å². The van der Waals surface area contributed by atoms with Crippen LogP contribution in [0.1, 0.15) is 12.8 Å². The molecule has 0 aromatic rings. The van der Waals surface area contributed by atoms with E-state index in [1.807, 2.05) is 0 Å². The number of nitrogens with two attached hydrogens (primary N) is 1. The molecule has 8 heteroatoms. The van der Waals surface area contributed by atoms with Crippen molar-refractivity contribution in [3.05, 3.63) is 0 Å². The molecule has 0 aliphatic carbocycles. The number of nitrogens with one attached hydrogen (secondary N) is 1. The van der Waals surface area contributed by atoms with Gasteiger partial charge in [-0.25, -0.2) is 0 Å². The molecule has 0 unspecified atom stereocenters. The number of carbonyl (C=O) groups is 4. The number of amides is 3. The van der Waals surface area contributed by atoms with Gasteiger partial charge in [-0.1, -0.05) is 0 Å². The van der Waals surface area contributed by atoms with Gasteiger partial charge in [0, 0.05) is 6.42 Å². The van der Waals surface area contributed by atoms with Crippen molar-refractivity contribution >= 4 is 23.7 Å². The van der Waals surface area contributed by atoms with Crippen molar-refractivity contribution in [3.63, 3.8) is 0 Å². The summed E-state index contributed by atoms with van der Waals surface area (Å²) in [5.41, 5.74) is 4.92. The van der Waals surface area contributed by atoms with E-state index in [4.69, 9.17) is 10.8 Å². The first kappa shape index (κ1) is 12.9. The first-order valence-electron chi connectivity index (χ1n) is 4.98. The quantitative estimate of drug-likeness (QED) is 0.498. The van der Waals surface area contributed by atoms with E-state index in [0.717, 1.165) is 4.90 Å². The van der Waals surface area contributed by atoms with Crippen LogP contribution < -0.4 is 11.1 Å². The molecular formula is C9H13N3O5. The van der Waals surface area contributed by atoms with Gasteiger partial charge < -0.3 is 21.1 Å². The molecule has 1 rings (SSSR count). The number of carboxylic acid groups (broad SMARTS) is 1. The largest absolute Gasteiger partial charge is 0.480 e. The highest BCUT2D eigenvalue weighted by molar-refractivity contribution is 5.94. The van der Waals surface area contributed by atoms with Gasteiger partial charge in [0.2, 0.25) is 17.7 Å². The Morgan fingerprint density at radius 2 is 2.06 bits per heavy atom. The number of carbonyl (C=O) groups excluding carboxylic acids is 3. The van der Waals surface area contributed by atoms with Crippen LogP contribution >= 0.6 is 0 Å². The minimum Gasteiger partial charge on any atom is -0.480 e. The Morgan fingerprint density at radius 1 is 1.41 bits per heavy atom. The lowest BCUT2D eigenvalue weighted by Crippen LogP contribution is -2.49. The lowest BCUT2D eigenvalue weighted by Gasteiger charge is -2.22. The molecule has 3 amide bonds. The first-order valence-corrected chi connectivity index (χ1v) is 4.98. The number of carboxylic acids is 1. The average Bonchev–Trinajstić information content (AvgIpc) is 2.61. The molecule has 1 heterocycles. The summed E-state index contributed by atoms with van der Waals surface area (Å²) in [5.74, 6) is -2.91. The van der Waals surface area contributed by atoms with Gasteiger partial charge in [0.05, 0.1) is 0 Å². The summed E-state index contributed by atoms with van der Waals surface area (Å²) >= 11 is 0. The van der Waals surface area contributed by atoms with E-state index in [2.05, 4.69) is 5.32 Å². The number of primary amides is 1. The van der Waals surface area contributed by atoms with Gasteiger partial charge in [0.1, 0.15) is 19.1 Å². The summed E-state index contributed by atoms with van der Waals surface area (Å²) < 4.78 is 0. The lowest BCUT2D eigenvalue weighted by molar-refractivity contribution is -0.146. The van der Waals surface area contributed by atoms with Gasteiger partial charge in [0.15, 0.2) is 0 Å². The predicted octanol–water partition coefficient (Wildman–Crippen LogP) is -2.34. The second-order valence-electron chi connectivity index (χ2n) is 3.71. The fraction of sp³-hybridized carbons (Fsp3) is 0.556. The van der Waals surface area contributed by atoms with Gasteiger partial charge in [0.25, 0.3) is 0 Å². The molecule has 1 aliphatic heterocycles. The maximum absolute atomic E-state index is 11.8. The average molecular weight is 243 g/mol. The summed E-state index contributed by atoms with van der Waals surface area (Å²) in [5, 5.41) is 11.0. The zero-order chi connectivity index (χ0) is 13.0. The summed E-state index contributed by atoms with van der Waals surface area (Å²) in [4.78, 5) is 44.8. The van der Waals surface area contributed by atoms with Crippen LogP contribution in [0.3, 0.4) is 0 Å². The Balaban J connectivity index is 2.67. The topological polar surface area (TPSA) is 130 Å². The van der Waals surface area contributed by atoms with Crippen molar-refractivity contribution in [1.82, 2.24) is 10.2 Å². The second kappa shape index (κ2) is 5.28. The van der Waals surface area contributed by atoms with Gasteiger partial charge in [-0.05, 0) is 6.42 Å². The highest BCUT2D eigenvalue weighted by atomic mass is 16.4. The van der Waals surface area contributed by atoms with Crippen molar-refractivity contribution in [2.45, 2.75) is 18.9 Å². The fourth-order valence-electron chi connectivity index (χ4n) is 1.58. The highest BCUT2D eigenvalue weighted by Crippen LogP contribution is 2.09. The van der Waals surface area contributed by atoms with Gasteiger partial charge >= 0.3 is 5.97 Å². The third-order valence-corrected chi connectivity index (χ3v) is 2.28. The Hall–Kier alpha value is -2.12. The number of rotatable bonds is 5. The van der Waals surface area contributed by atoms with Crippen molar-refractivity contribution in [1.29, 1.82) is 0 Å². The smallest absolute Gasteiger partial charge is 0.323 e. The van der Waals surface area contributed by atoms with E-state index in [9.17, 15) is 19.2 Å². The molecule has 4 N–H and O–H groups in total. The Bertz CT molecular complexity index is 352. The lowest BCUT2D eigenvalue weighted by atomic mass is 10.2. The van der Waals surface area contributed by atoms with Crippen LogP contribution in [0.15, 0.2) is 0 Å². The Morgan fingerprint density at radius 3 is 2.47 bits per heavy atom. The maximum Gasteiger partial charge on any atom is 0.323 e. The number of aliphatic carboxylic acids is 1. The zero-order valence-electron chi connectivity index (χ0n) is 9.01. The Labute approximate surface area is 96.7 Å². The minimum atomic E-state index is -1.25. The normalized spacial score (nSPS) is 18.6. The number of nitrogens with zero attached hydrogens (tertiary/aromatic N) is 1. The van der Waals surface area contributed by atoms with Crippen LogP contribution in [0.25, 0.3) is 0 Å². The third-order valence-electron chi connectivity index (χ3n) is 2.28. The van der Waals surface area contributed by atoms with Gasteiger partial charge in [-0.15, -0.1) is 0 Å². The van der Waals surface area contributed by atoms with Crippen LogP contribution in [-0.2, 0) is 19.2 Å². The fourth-order valence-corrected chi connectivity index (χ4v) is 1.58. The standard InChI is InChI=1S/C9H13N3O5/c10-6(13)3-12(4-8(15)16)9(17)5-1-2-7(14)11-5/h5H,1-4H2,(H2,10,13)(H,11,14)(H,15,16)/t5-/m0/s1. The molecule has 94 valence electrons. The number of hydrogen-bond donors (Lipinski definition) is 3. The summed E-state index contributed by atoms with van der Waals surface area (Å²) in [7, 11) is 0. The highest BCUT2D eigenvalue weighted by Gasteiger charge is 2.32. The molecule has 17 heavy (non-hydrogen) atoms. The minimum absolute atomic E-state index is 0.216. The molecule has 0 radical (unpaired) electrons. The van der Waals surface area contributed by atoms with Crippen LogP contribution in [0.5, 0.6) is 0 Å². The molecule has 0 spiro atoms. The molecule has 1 fully saturated rings. The van der Waals surface area contributed by atoms with E-state index in [-0.39, 0.29) is 12.3 Å². The molecule has 1 saturated heterocycles. The van der Waals surface area contributed by atoms with E-state index in [0.29, 0.717) is 6.42 Å². The molecule has 0 bridgehead atoms. The van der Waals surface area contributed by atoms with Crippen molar-refractivity contribution in [3.8, 4) is 0 Å². The maximum atomic E-state index is 11.8. The van der Waals surface area contributed by atoms with E-state index in [1.165, 1.54) is 0 Å². The second-order valence-corrected chi connectivity index (χ2v) is 3.71. The summed E-state index contributed by atoms with van der Waals surface area (Å²) in [6.45, 7) is -1.09.